The number of carbonyl (C=O) groups is 2. The van der Waals surface area contributed by atoms with Gasteiger partial charge in [0.1, 0.15) is 5.75 Å². The predicted octanol–water partition coefficient (Wildman–Crippen LogP) is 5.42. The maximum Gasteiger partial charge on any atom is 0.248 e. The first-order chi connectivity index (χ1) is 16.6. The highest BCUT2D eigenvalue weighted by Gasteiger charge is 2.32. The fourth-order valence-electron chi connectivity index (χ4n) is 4.76. The molecule has 2 amide bonds. The third kappa shape index (κ3) is 4.76. The first-order valence-corrected chi connectivity index (χ1v) is 11.8. The number of benzene rings is 3. The van der Waals surface area contributed by atoms with Crippen molar-refractivity contribution in [1.29, 1.82) is 0 Å². The van der Waals surface area contributed by atoms with Gasteiger partial charge in [0.05, 0.1) is 6.10 Å². The molecule has 2 aliphatic rings. The van der Waals surface area contributed by atoms with Gasteiger partial charge in [0.25, 0.3) is 0 Å². The van der Waals surface area contributed by atoms with Gasteiger partial charge in [-0.05, 0) is 73.7 Å². The second-order valence-electron chi connectivity index (χ2n) is 8.97. The Hall–Kier alpha value is -3.80. The third-order valence-electron chi connectivity index (χ3n) is 6.57. The molecule has 0 unspecified atom stereocenters. The molecule has 1 saturated heterocycles. The van der Waals surface area contributed by atoms with Crippen LogP contribution in [0.1, 0.15) is 53.9 Å². The molecule has 1 saturated carbocycles. The molecule has 3 aromatic carbocycles. The highest BCUT2D eigenvalue weighted by molar-refractivity contribution is 5.99. The number of hydrogen-bond donors (Lipinski definition) is 1. The second kappa shape index (κ2) is 9.59. The largest absolute Gasteiger partial charge is 0.487 e. The minimum Gasteiger partial charge on any atom is -0.487 e. The smallest absolute Gasteiger partial charge is 0.248 e. The number of anilines is 1. The number of amides is 2. The SMILES string of the molecule is NC(=O)c1cccc(N2C[C@H](c3ccc(Oc4ccccc4)c(OC4CCCC4)c3)CC2=O)c1. The van der Waals surface area contributed by atoms with Crippen molar-refractivity contribution >= 4 is 17.5 Å². The van der Waals surface area contributed by atoms with Crippen LogP contribution in [0.5, 0.6) is 17.2 Å². The van der Waals surface area contributed by atoms with Gasteiger partial charge in [-0.3, -0.25) is 9.59 Å². The predicted molar refractivity (Wildman–Crippen MR) is 131 cm³/mol. The molecule has 3 aromatic rings. The van der Waals surface area contributed by atoms with Gasteiger partial charge in [-0.25, -0.2) is 0 Å². The Labute approximate surface area is 199 Å². The Morgan fingerprint density at radius 1 is 0.912 bits per heavy atom. The maximum absolute atomic E-state index is 12.9. The molecule has 1 aliphatic heterocycles. The summed E-state index contributed by atoms with van der Waals surface area (Å²) >= 11 is 0. The summed E-state index contributed by atoms with van der Waals surface area (Å²) in [5.74, 6) is 1.68. The number of hydrogen-bond acceptors (Lipinski definition) is 4. The highest BCUT2D eigenvalue weighted by atomic mass is 16.5. The first kappa shape index (κ1) is 22.0. The summed E-state index contributed by atoms with van der Waals surface area (Å²) in [5.41, 5.74) is 7.54. The lowest BCUT2D eigenvalue weighted by Crippen LogP contribution is -2.24. The minimum absolute atomic E-state index is 0.0152. The number of nitrogens with zero attached hydrogens (tertiary/aromatic N) is 1. The van der Waals surface area contributed by atoms with E-state index in [1.54, 1.807) is 23.1 Å². The molecule has 0 aromatic heterocycles. The van der Waals surface area contributed by atoms with Crippen molar-refractivity contribution in [3.63, 3.8) is 0 Å². The molecule has 6 heteroatoms. The molecule has 2 N–H and O–H groups in total. The van der Waals surface area contributed by atoms with E-state index in [0.29, 0.717) is 30.0 Å². The molecule has 2 fully saturated rings. The Kier molecular flexibility index (Phi) is 6.21. The van der Waals surface area contributed by atoms with Crippen LogP contribution >= 0.6 is 0 Å². The van der Waals surface area contributed by atoms with Gasteiger partial charge >= 0.3 is 0 Å². The Morgan fingerprint density at radius 3 is 2.47 bits per heavy atom. The van der Waals surface area contributed by atoms with E-state index in [9.17, 15) is 9.59 Å². The number of para-hydroxylation sites is 1. The van der Waals surface area contributed by atoms with Crippen LogP contribution in [0.15, 0.2) is 72.8 Å². The minimum atomic E-state index is -0.507. The Balaban J connectivity index is 1.40. The molecular weight excluding hydrogens is 428 g/mol. The van der Waals surface area contributed by atoms with Crippen molar-refractivity contribution in [2.24, 2.45) is 5.73 Å². The zero-order chi connectivity index (χ0) is 23.5. The average molecular weight is 457 g/mol. The molecule has 0 bridgehead atoms. The van der Waals surface area contributed by atoms with Crippen molar-refractivity contribution < 1.29 is 19.1 Å². The summed E-state index contributed by atoms with van der Waals surface area (Å²) in [6.45, 7) is 0.531. The van der Waals surface area contributed by atoms with Crippen molar-refractivity contribution in [3.8, 4) is 17.2 Å². The topological polar surface area (TPSA) is 81.9 Å². The Bertz CT molecular complexity index is 1190. The standard InChI is InChI=1S/C28H28N2O4/c29-28(32)20-7-6-8-22(15-20)30-18-21(17-27(30)31)19-13-14-25(33-23-9-2-1-3-10-23)26(16-19)34-24-11-4-5-12-24/h1-3,6-10,13-16,21,24H,4-5,11-12,17-18H2,(H2,29,32)/t21-/m1/s1. The number of nitrogens with two attached hydrogens (primary N) is 1. The number of rotatable bonds is 7. The van der Waals surface area contributed by atoms with Crippen LogP contribution < -0.4 is 20.1 Å². The van der Waals surface area contributed by atoms with E-state index in [4.69, 9.17) is 15.2 Å². The lowest BCUT2D eigenvalue weighted by Gasteiger charge is -2.20. The molecular formula is C28H28N2O4. The lowest BCUT2D eigenvalue weighted by molar-refractivity contribution is -0.117. The van der Waals surface area contributed by atoms with Gasteiger partial charge in [-0.15, -0.1) is 0 Å². The normalized spacial score (nSPS) is 18.3. The highest BCUT2D eigenvalue weighted by Crippen LogP contribution is 2.39. The van der Waals surface area contributed by atoms with E-state index in [-0.39, 0.29) is 17.9 Å². The van der Waals surface area contributed by atoms with Crippen LogP contribution in [0.4, 0.5) is 5.69 Å². The van der Waals surface area contributed by atoms with E-state index < -0.39 is 5.91 Å². The summed E-state index contributed by atoms with van der Waals surface area (Å²) in [7, 11) is 0. The van der Waals surface area contributed by atoms with E-state index in [1.807, 2.05) is 54.6 Å². The molecule has 0 spiro atoms. The van der Waals surface area contributed by atoms with Crippen molar-refractivity contribution in [3.05, 3.63) is 83.9 Å². The zero-order valence-corrected chi connectivity index (χ0v) is 19.0. The monoisotopic (exact) mass is 456 g/mol. The molecule has 1 atom stereocenters. The van der Waals surface area contributed by atoms with E-state index >= 15 is 0 Å². The van der Waals surface area contributed by atoms with Crippen molar-refractivity contribution in [1.82, 2.24) is 0 Å². The Morgan fingerprint density at radius 2 is 1.71 bits per heavy atom. The summed E-state index contributed by atoms with van der Waals surface area (Å²) in [5, 5.41) is 0. The molecule has 174 valence electrons. The summed E-state index contributed by atoms with van der Waals surface area (Å²) in [6.07, 6.45) is 5.02. The molecule has 34 heavy (non-hydrogen) atoms. The number of primary amides is 1. The van der Waals surface area contributed by atoms with Crippen LogP contribution in [0.3, 0.4) is 0 Å². The fraction of sp³-hybridized carbons (Fsp3) is 0.286. The number of ether oxygens (including phenoxy) is 2. The van der Waals surface area contributed by atoms with Gasteiger partial charge in [0, 0.05) is 30.1 Å². The van der Waals surface area contributed by atoms with E-state index in [0.717, 1.165) is 29.9 Å². The number of carbonyl (C=O) groups excluding carboxylic acids is 2. The third-order valence-corrected chi connectivity index (χ3v) is 6.57. The summed E-state index contributed by atoms with van der Waals surface area (Å²) < 4.78 is 12.5. The van der Waals surface area contributed by atoms with Crippen molar-refractivity contribution in [2.75, 3.05) is 11.4 Å². The molecule has 1 aliphatic carbocycles. The van der Waals surface area contributed by atoms with Gasteiger partial charge < -0.3 is 20.1 Å². The van der Waals surface area contributed by atoms with Crippen molar-refractivity contribution in [2.45, 2.75) is 44.1 Å². The summed E-state index contributed by atoms with van der Waals surface area (Å²) in [6, 6.07) is 22.6. The van der Waals surface area contributed by atoms with Gasteiger partial charge in [0.15, 0.2) is 11.5 Å². The van der Waals surface area contributed by atoms with Crippen LogP contribution in [0.25, 0.3) is 0 Å². The van der Waals surface area contributed by atoms with Crippen LogP contribution in [0.2, 0.25) is 0 Å². The van der Waals surface area contributed by atoms with Gasteiger partial charge in [-0.2, -0.15) is 0 Å². The fourth-order valence-corrected chi connectivity index (χ4v) is 4.76. The second-order valence-corrected chi connectivity index (χ2v) is 8.97. The molecule has 0 radical (unpaired) electrons. The van der Waals surface area contributed by atoms with Gasteiger partial charge in [-0.1, -0.05) is 30.3 Å². The molecule has 1 heterocycles. The average Bonchev–Trinajstić information content (AvgIpc) is 3.50. The maximum atomic E-state index is 12.9. The zero-order valence-electron chi connectivity index (χ0n) is 19.0. The molecule has 5 rings (SSSR count). The van der Waals surface area contributed by atoms with Crippen LogP contribution in [-0.2, 0) is 4.79 Å². The molecule has 6 nitrogen and oxygen atoms in total. The first-order valence-electron chi connectivity index (χ1n) is 11.8. The lowest BCUT2D eigenvalue weighted by atomic mass is 9.98. The van der Waals surface area contributed by atoms with Crippen LogP contribution in [-0.4, -0.2) is 24.5 Å². The quantitative estimate of drug-likeness (QED) is 0.515. The van der Waals surface area contributed by atoms with E-state index in [2.05, 4.69) is 0 Å². The summed E-state index contributed by atoms with van der Waals surface area (Å²) in [4.78, 5) is 26.2. The van der Waals surface area contributed by atoms with Crippen LogP contribution in [0, 0.1) is 0 Å². The van der Waals surface area contributed by atoms with E-state index in [1.165, 1.54) is 12.8 Å². The van der Waals surface area contributed by atoms with Gasteiger partial charge in [0.2, 0.25) is 11.8 Å².